The summed E-state index contributed by atoms with van der Waals surface area (Å²) in [6, 6.07) is 13.5. The topological polar surface area (TPSA) is 117 Å². The summed E-state index contributed by atoms with van der Waals surface area (Å²) in [4.78, 5) is 42.6. The molecule has 46 heavy (non-hydrogen) atoms. The van der Waals surface area contributed by atoms with Gasteiger partial charge in [0, 0.05) is 24.6 Å². The zero-order valence-electron chi connectivity index (χ0n) is 28.7. The minimum Gasteiger partial charge on any atom is -0.414 e. The van der Waals surface area contributed by atoms with E-state index < -0.39 is 49.8 Å². The lowest BCUT2D eigenvalue weighted by Gasteiger charge is -2.42. The third-order valence-electron chi connectivity index (χ3n) is 9.16. The van der Waals surface area contributed by atoms with Crippen molar-refractivity contribution in [1.29, 1.82) is 0 Å². The molecule has 2 aromatic rings. The summed E-state index contributed by atoms with van der Waals surface area (Å²) in [6.07, 6.45) is 4.08. The van der Waals surface area contributed by atoms with E-state index in [1.807, 2.05) is 39.8 Å². The maximum absolute atomic E-state index is 14.4. The number of hydrogen-bond acceptors (Lipinski definition) is 6. The van der Waals surface area contributed by atoms with E-state index in [9.17, 15) is 19.5 Å². The van der Waals surface area contributed by atoms with E-state index in [-0.39, 0.29) is 30.1 Å². The van der Waals surface area contributed by atoms with Crippen molar-refractivity contribution in [3.05, 3.63) is 65.7 Å². The highest BCUT2D eigenvalue weighted by molar-refractivity contribution is 6.74. The number of ether oxygens (including phenoxy) is 1. The first-order valence-electron chi connectivity index (χ1n) is 15.9. The van der Waals surface area contributed by atoms with E-state index in [1.54, 1.807) is 42.5 Å². The van der Waals surface area contributed by atoms with Crippen LogP contribution in [0.5, 0.6) is 5.75 Å². The smallest absolute Gasteiger partial charge is 0.413 e. The van der Waals surface area contributed by atoms with Gasteiger partial charge in [0.1, 0.15) is 17.8 Å². The number of likely N-dealkylation sites (tertiary alicyclic amines) is 1. The van der Waals surface area contributed by atoms with Crippen LogP contribution in [0.2, 0.25) is 18.1 Å². The van der Waals surface area contributed by atoms with Gasteiger partial charge in [-0.1, -0.05) is 70.9 Å². The molecule has 1 saturated heterocycles. The number of aliphatic hydroxyl groups excluding tert-OH is 1. The highest BCUT2D eigenvalue weighted by Crippen LogP contribution is 2.39. The van der Waals surface area contributed by atoms with E-state index in [2.05, 4.69) is 50.4 Å². The fourth-order valence-electron chi connectivity index (χ4n) is 5.65. The van der Waals surface area contributed by atoms with E-state index >= 15 is 0 Å². The average Bonchev–Trinajstić information content (AvgIpc) is 3.36. The van der Waals surface area contributed by atoms with Crippen molar-refractivity contribution in [2.24, 2.45) is 5.41 Å². The highest BCUT2D eigenvalue weighted by atomic mass is 28.4. The molecule has 3 amide bonds. The van der Waals surface area contributed by atoms with Crippen LogP contribution in [0.4, 0.5) is 4.79 Å². The lowest BCUT2D eigenvalue weighted by Crippen LogP contribution is -2.59. The predicted octanol–water partition coefficient (Wildman–Crippen LogP) is 5.79. The summed E-state index contributed by atoms with van der Waals surface area (Å²) in [5.74, 6) is 2.04. The van der Waals surface area contributed by atoms with Gasteiger partial charge in [0.25, 0.3) is 0 Å². The van der Waals surface area contributed by atoms with Crippen LogP contribution in [0.3, 0.4) is 0 Å². The van der Waals surface area contributed by atoms with Crippen LogP contribution in [-0.4, -0.2) is 67.1 Å². The van der Waals surface area contributed by atoms with Crippen molar-refractivity contribution in [3.8, 4) is 18.1 Å². The monoisotopic (exact) mass is 649 g/mol. The van der Waals surface area contributed by atoms with Crippen LogP contribution in [0, 0.1) is 17.8 Å². The third-order valence-corrected chi connectivity index (χ3v) is 13.8. The average molecular weight is 650 g/mol. The van der Waals surface area contributed by atoms with Crippen molar-refractivity contribution < 1.29 is 28.7 Å². The van der Waals surface area contributed by atoms with Gasteiger partial charge in [0.2, 0.25) is 11.8 Å². The lowest BCUT2D eigenvalue weighted by molar-refractivity contribution is -0.142. The summed E-state index contributed by atoms with van der Waals surface area (Å²) < 4.78 is 12.1. The molecule has 5 atom stereocenters. The number of nitrogens with one attached hydrogen (secondary N) is 2. The molecule has 1 fully saturated rings. The standard InChI is InChI=1S/C36H51N3O6Si/c1-11-26-17-19-27(20-18-26)25(3)37-32(41)30-21-28(40)23-39(30)33(42)31(38-34(43)44-29-15-13-12-14-16-29)36(7,8)22-24(2)45-46(9,10)35(4,5)6/h1,12-20,24-25,28,30-31,40H,21-23H2,2-10H3,(H,37,41)(H,38,43)/t24?,25-,28+,30-,31+/m0/s1. The first kappa shape index (κ1) is 36.8. The second-order valence-electron chi connectivity index (χ2n) is 14.6. The number of terminal acetylenes is 1. The fourth-order valence-corrected chi connectivity index (χ4v) is 7.09. The normalized spacial score (nSPS) is 19.0. The number of benzene rings is 2. The van der Waals surface area contributed by atoms with Crippen LogP contribution in [0.1, 0.15) is 78.5 Å². The molecule has 1 aliphatic rings. The summed E-state index contributed by atoms with van der Waals surface area (Å²) >= 11 is 0. The van der Waals surface area contributed by atoms with Crippen LogP contribution >= 0.6 is 0 Å². The summed E-state index contributed by atoms with van der Waals surface area (Å²) in [5, 5.41) is 16.4. The highest BCUT2D eigenvalue weighted by Gasteiger charge is 2.47. The number of rotatable bonds is 11. The Kier molecular flexibility index (Phi) is 11.9. The van der Waals surface area contributed by atoms with Gasteiger partial charge in [-0.25, -0.2) is 4.79 Å². The first-order valence-corrected chi connectivity index (χ1v) is 18.8. The molecule has 0 aromatic heterocycles. The van der Waals surface area contributed by atoms with Gasteiger partial charge in [-0.05, 0) is 73.6 Å². The molecular weight excluding hydrogens is 598 g/mol. The molecule has 1 unspecified atom stereocenters. The maximum Gasteiger partial charge on any atom is 0.413 e. The Bertz CT molecular complexity index is 1400. The first-order chi connectivity index (χ1) is 21.3. The third kappa shape index (κ3) is 9.44. The maximum atomic E-state index is 14.4. The van der Waals surface area contributed by atoms with Crippen molar-refractivity contribution in [2.45, 2.75) is 110 Å². The Morgan fingerprint density at radius 3 is 2.20 bits per heavy atom. The molecule has 0 bridgehead atoms. The van der Waals surface area contributed by atoms with Crippen molar-refractivity contribution >= 4 is 26.2 Å². The number of nitrogens with zero attached hydrogens (tertiary/aromatic N) is 1. The molecule has 0 radical (unpaired) electrons. The summed E-state index contributed by atoms with van der Waals surface area (Å²) in [5.41, 5.74) is 0.757. The van der Waals surface area contributed by atoms with E-state index in [4.69, 9.17) is 15.6 Å². The second-order valence-corrected chi connectivity index (χ2v) is 19.3. The Labute approximate surface area is 275 Å². The zero-order valence-corrected chi connectivity index (χ0v) is 29.7. The Balaban J connectivity index is 1.86. The van der Waals surface area contributed by atoms with E-state index in [1.165, 1.54) is 4.90 Å². The van der Waals surface area contributed by atoms with Gasteiger partial charge < -0.3 is 29.8 Å². The molecule has 1 heterocycles. The Hall–Kier alpha value is -3.65. The molecular formula is C36H51N3O6Si. The van der Waals surface area contributed by atoms with Crippen molar-refractivity contribution in [3.63, 3.8) is 0 Å². The van der Waals surface area contributed by atoms with Gasteiger partial charge in [-0.2, -0.15) is 0 Å². The molecule has 2 aromatic carbocycles. The van der Waals surface area contributed by atoms with Gasteiger partial charge in [-0.3, -0.25) is 9.59 Å². The minimum atomic E-state index is -2.13. The van der Waals surface area contributed by atoms with Crippen molar-refractivity contribution in [2.75, 3.05) is 6.54 Å². The number of aliphatic hydroxyl groups is 1. The Morgan fingerprint density at radius 1 is 1.02 bits per heavy atom. The summed E-state index contributed by atoms with van der Waals surface area (Å²) in [7, 11) is -2.13. The molecule has 0 aliphatic carbocycles. The zero-order chi connectivity index (χ0) is 34.4. The van der Waals surface area contributed by atoms with Crippen LogP contribution in [-0.2, 0) is 14.0 Å². The predicted molar refractivity (Wildman–Crippen MR) is 183 cm³/mol. The molecule has 0 spiro atoms. The molecule has 0 saturated carbocycles. The van der Waals surface area contributed by atoms with Crippen LogP contribution in [0.15, 0.2) is 54.6 Å². The number of amides is 3. The van der Waals surface area contributed by atoms with Gasteiger partial charge in [0.05, 0.1) is 12.1 Å². The molecule has 3 N–H and O–H groups in total. The van der Waals surface area contributed by atoms with Gasteiger partial charge in [0.15, 0.2) is 8.32 Å². The lowest BCUT2D eigenvalue weighted by atomic mass is 9.78. The van der Waals surface area contributed by atoms with Crippen LogP contribution in [0.25, 0.3) is 0 Å². The number of carbonyl (C=O) groups is 3. The molecule has 10 heteroatoms. The molecule has 250 valence electrons. The molecule has 1 aliphatic heterocycles. The van der Waals surface area contributed by atoms with Crippen LogP contribution < -0.4 is 15.4 Å². The second kappa shape index (κ2) is 14.8. The van der Waals surface area contributed by atoms with Crippen molar-refractivity contribution in [1.82, 2.24) is 15.5 Å². The van der Waals surface area contributed by atoms with E-state index in [0.29, 0.717) is 12.2 Å². The number of β-amino-alcohol motifs (C(OH)–C–C–N with tert-alkyl or cyclic N) is 1. The quantitative estimate of drug-likeness (QED) is 0.210. The van der Waals surface area contributed by atoms with Gasteiger partial charge in [-0.15, -0.1) is 6.42 Å². The van der Waals surface area contributed by atoms with E-state index in [0.717, 1.165) is 11.1 Å². The Morgan fingerprint density at radius 2 is 1.63 bits per heavy atom. The minimum absolute atomic E-state index is 0.00881. The molecule has 3 rings (SSSR count). The number of carbonyl (C=O) groups excluding carboxylic acids is 3. The van der Waals surface area contributed by atoms with Gasteiger partial charge >= 0.3 is 6.09 Å². The fraction of sp³-hybridized carbons (Fsp3) is 0.528. The summed E-state index contributed by atoms with van der Waals surface area (Å²) in [6.45, 7) is 18.4. The largest absolute Gasteiger partial charge is 0.414 e. The number of hydrogen-bond donors (Lipinski definition) is 3. The number of para-hydroxylation sites is 1. The SMILES string of the molecule is C#Cc1ccc([C@H](C)NC(=O)[C@@H]2C[C@@H](O)CN2C(=O)[C@@H](NC(=O)Oc2ccccc2)C(C)(C)CC(C)O[Si](C)(C)C(C)(C)C)cc1. The molecule has 9 nitrogen and oxygen atoms in total.